The van der Waals surface area contributed by atoms with E-state index in [9.17, 15) is 9.59 Å². The van der Waals surface area contributed by atoms with Crippen LogP contribution in [-0.4, -0.2) is 24.7 Å². The van der Waals surface area contributed by atoms with Crippen molar-refractivity contribution in [1.82, 2.24) is 5.32 Å². The smallest absolute Gasteiger partial charge is 0.407 e. The minimum Gasteiger partial charge on any atom is -0.449 e. The van der Waals surface area contributed by atoms with Crippen LogP contribution in [0.2, 0.25) is 0 Å². The third-order valence-corrected chi connectivity index (χ3v) is 5.32. The molecule has 1 amide bonds. The van der Waals surface area contributed by atoms with Gasteiger partial charge in [-0.2, -0.15) is 5.90 Å². The average molecular weight is 402 g/mol. The van der Waals surface area contributed by atoms with Gasteiger partial charge in [0, 0.05) is 12.3 Å². The second kappa shape index (κ2) is 8.80. The fourth-order valence-corrected chi connectivity index (χ4v) is 3.91. The topological polar surface area (TPSA) is 90.6 Å². The van der Waals surface area contributed by atoms with E-state index in [2.05, 4.69) is 22.3 Å². The number of carbonyl (C=O) groups excluding carboxylic acids is 2. The highest BCUT2D eigenvalue weighted by molar-refractivity contribution is 5.82. The summed E-state index contributed by atoms with van der Waals surface area (Å²) in [5.74, 6) is 4.25. The molecule has 0 saturated carbocycles. The number of carbonyl (C=O) groups is 2. The molecule has 0 heterocycles. The van der Waals surface area contributed by atoms with Crippen LogP contribution in [0.15, 0.2) is 78.9 Å². The molecule has 1 aliphatic rings. The zero-order valence-corrected chi connectivity index (χ0v) is 16.3. The molecule has 6 heteroatoms. The second-order valence-electron chi connectivity index (χ2n) is 7.15. The van der Waals surface area contributed by atoms with E-state index in [-0.39, 0.29) is 18.9 Å². The first-order valence-corrected chi connectivity index (χ1v) is 9.73. The molecule has 1 aliphatic carbocycles. The molecule has 3 aromatic carbocycles. The van der Waals surface area contributed by atoms with Crippen LogP contribution in [0.1, 0.15) is 22.6 Å². The van der Waals surface area contributed by atoms with Gasteiger partial charge in [-0.25, -0.2) is 9.59 Å². The molecule has 4 rings (SSSR count). The first kappa shape index (κ1) is 19.7. The fourth-order valence-electron chi connectivity index (χ4n) is 3.91. The minimum atomic E-state index is -0.937. The minimum absolute atomic E-state index is 0.0582. The summed E-state index contributed by atoms with van der Waals surface area (Å²) in [6.45, 7) is 0.162. The van der Waals surface area contributed by atoms with Gasteiger partial charge in [-0.15, -0.1) is 0 Å². The van der Waals surface area contributed by atoms with E-state index in [0.29, 0.717) is 0 Å². The molecule has 152 valence electrons. The quantitative estimate of drug-likeness (QED) is 0.616. The molecule has 0 saturated heterocycles. The zero-order chi connectivity index (χ0) is 20.9. The summed E-state index contributed by atoms with van der Waals surface area (Å²) in [6, 6.07) is 24.5. The second-order valence-corrected chi connectivity index (χ2v) is 7.15. The Kier molecular flexibility index (Phi) is 5.77. The van der Waals surface area contributed by atoms with Crippen LogP contribution < -0.4 is 11.2 Å². The largest absolute Gasteiger partial charge is 0.449 e. The lowest BCUT2D eigenvalue weighted by Crippen LogP contribution is -2.44. The standard InChI is InChI=1S/C24H22N2O4/c25-30-23(27)22(14-16-8-2-1-3-9-16)26-24(28)29-15-21-19-12-6-4-10-17(19)18-11-5-7-13-20(18)21/h1-13,21-22H,14-15,25H2,(H,26,28)/t22-/m0/s1. The molecule has 1 atom stereocenters. The van der Waals surface area contributed by atoms with E-state index in [0.717, 1.165) is 27.8 Å². The third-order valence-electron chi connectivity index (χ3n) is 5.32. The summed E-state index contributed by atoms with van der Waals surface area (Å²) in [5.41, 5.74) is 5.40. The van der Waals surface area contributed by atoms with Crippen LogP contribution >= 0.6 is 0 Å². The van der Waals surface area contributed by atoms with Crippen molar-refractivity contribution >= 4 is 12.1 Å². The summed E-state index contributed by atoms with van der Waals surface area (Å²) in [7, 11) is 0. The number of fused-ring (bicyclic) bond motifs is 3. The molecule has 0 aromatic heterocycles. The Labute approximate surface area is 174 Å². The third kappa shape index (κ3) is 4.04. The van der Waals surface area contributed by atoms with Crippen molar-refractivity contribution < 1.29 is 19.2 Å². The zero-order valence-electron chi connectivity index (χ0n) is 16.3. The van der Waals surface area contributed by atoms with E-state index >= 15 is 0 Å². The Hall–Kier alpha value is -3.64. The van der Waals surface area contributed by atoms with Crippen LogP contribution in [0.3, 0.4) is 0 Å². The molecule has 0 spiro atoms. The average Bonchev–Trinajstić information content (AvgIpc) is 3.11. The monoisotopic (exact) mass is 402 g/mol. The number of rotatable bonds is 6. The van der Waals surface area contributed by atoms with E-state index in [1.807, 2.05) is 66.7 Å². The first-order valence-electron chi connectivity index (χ1n) is 9.73. The highest BCUT2D eigenvalue weighted by Crippen LogP contribution is 2.44. The number of benzene rings is 3. The molecular formula is C24H22N2O4. The van der Waals surface area contributed by atoms with Gasteiger partial charge >= 0.3 is 12.1 Å². The Morgan fingerprint density at radius 1 is 0.867 bits per heavy atom. The number of ether oxygens (including phenoxy) is 1. The van der Waals surface area contributed by atoms with Gasteiger partial charge in [0.05, 0.1) is 0 Å². The predicted octanol–water partition coefficient (Wildman–Crippen LogP) is 3.55. The fraction of sp³-hybridized carbons (Fsp3) is 0.167. The van der Waals surface area contributed by atoms with Crippen molar-refractivity contribution in [3.8, 4) is 11.1 Å². The van der Waals surface area contributed by atoms with Gasteiger partial charge in [0.15, 0.2) is 0 Å². The predicted molar refractivity (Wildman–Crippen MR) is 112 cm³/mol. The summed E-state index contributed by atoms with van der Waals surface area (Å²) in [4.78, 5) is 28.8. The van der Waals surface area contributed by atoms with Gasteiger partial charge in [0.1, 0.15) is 12.6 Å². The van der Waals surface area contributed by atoms with Crippen molar-refractivity contribution in [2.24, 2.45) is 5.90 Å². The number of amides is 1. The Morgan fingerprint density at radius 2 is 1.43 bits per heavy atom. The van der Waals surface area contributed by atoms with Gasteiger partial charge in [-0.3, -0.25) is 0 Å². The molecule has 30 heavy (non-hydrogen) atoms. The normalized spacial score (nSPS) is 13.1. The van der Waals surface area contributed by atoms with E-state index in [4.69, 9.17) is 10.6 Å². The van der Waals surface area contributed by atoms with E-state index in [1.165, 1.54) is 0 Å². The molecule has 3 aromatic rings. The summed E-state index contributed by atoms with van der Waals surface area (Å²) >= 11 is 0. The number of nitrogens with two attached hydrogens (primary N) is 1. The lowest BCUT2D eigenvalue weighted by atomic mass is 9.98. The van der Waals surface area contributed by atoms with Crippen LogP contribution in [0.4, 0.5) is 4.79 Å². The van der Waals surface area contributed by atoms with Crippen LogP contribution in [0.25, 0.3) is 11.1 Å². The Balaban J connectivity index is 1.44. The summed E-state index contributed by atoms with van der Waals surface area (Å²) < 4.78 is 5.50. The van der Waals surface area contributed by atoms with Crippen LogP contribution in [0, 0.1) is 0 Å². The maximum atomic E-state index is 12.5. The number of hydrogen-bond donors (Lipinski definition) is 2. The van der Waals surface area contributed by atoms with Gasteiger partial charge < -0.3 is 14.9 Å². The van der Waals surface area contributed by atoms with Gasteiger partial charge in [-0.1, -0.05) is 78.9 Å². The van der Waals surface area contributed by atoms with Gasteiger partial charge in [-0.05, 0) is 27.8 Å². The molecule has 0 bridgehead atoms. The SMILES string of the molecule is NOC(=O)[C@H](Cc1ccccc1)NC(=O)OCC1c2ccccc2-c2ccccc21. The van der Waals surface area contributed by atoms with Gasteiger partial charge in [0.25, 0.3) is 0 Å². The highest BCUT2D eigenvalue weighted by Gasteiger charge is 2.30. The maximum Gasteiger partial charge on any atom is 0.407 e. The lowest BCUT2D eigenvalue weighted by Gasteiger charge is -2.18. The Bertz CT molecular complexity index is 1010. The van der Waals surface area contributed by atoms with E-state index in [1.54, 1.807) is 0 Å². The Morgan fingerprint density at radius 3 is 2.03 bits per heavy atom. The molecule has 3 N–H and O–H groups in total. The van der Waals surface area contributed by atoms with Crippen molar-refractivity contribution in [2.75, 3.05) is 6.61 Å². The summed E-state index contributed by atoms with van der Waals surface area (Å²) in [5, 5.41) is 2.57. The highest BCUT2D eigenvalue weighted by atomic mass is 16.7. The maximum absolute atomic E-state index is 12.5. The van der Waals surface area contributed by atoms with Crippen molar-refractivity contribution in [1.29, 1.82) is 0 Å². The van der Waals surface area contributed by atoms with Crippen LogP contribution in [0.5, 0.6) is 0 Å². The van der Waals surface area contributed by atoms with Crippen LogP contribution in [-0.2, 0) is 20.8 Å². The molecule has 0 fully saturated rings. The molecular weight excluding hydrogens is 380 g/mol. The van der Waals surface area contributed by atoms with Gasteiger partial charge in [0.2, 0.25) is 0 Å². The summed E-state index contributed by atoms with van der Waals surface area (Å²) in [6.07, 6.45) is -0.440. The first-order chi connectivity index (χ1) is 14.7. The lowest BCUT2D eigenvalue weighted by molar-refractivity contribution is -0.146. The molecule has 0 aliphatic heterocycles. The van der Waals surface area contributed by atoms with Crippen molar-refractivity contribution in [3.63, 3.8) is 0 Å². The number of alkyl carbamates (subject to hydrolysis) is 1. The van der Waals surface area contributed by atoms with E-state index < -0.39 is 18.1 Å². The van der Waals surface area contributed by atoms with Crippen molar-refractivity contribution in [2.45, 2.75) is 18.4 Å². The molecule has 6 nitrogen and oxygen atoms in total. The molecule has 0 unspecified atom stereocenters. The molecule has 0 radical (unpaired) electrons. The number of hydrogen-bond acceptors (Lipinski definition) is 5. The van der Waals surface area contributed by atoms with Crippen molar-refractivity contribution in [3.05, 3.63) is 95.6 Å². The number of nitrogens with one attached hydrogen (secondary N) is 1.